The Labute approximate surface area is 72.5 Å². The summed E-state index contributed by atoms with van der Waals surface area (Å²) in [5.74, 6) is -0.536. The third-order valence-corrected chi connectivity index (χ3v) is 1.78. The molecule has 0 aromatic heterocycles. The van der Waals surface area contributed by atoms with E-state index in [1.807, 2.05) is 6.92 Å². The Morgan fingerprint density at radius 3 is 2.42 bits per heavy atom. The van der Waals surface area contributed by atoms with Gasteiger partial charge in [-0.3, -0.25) is 4.79 Å². The maximum absolute atomic E-state index is 10.8. The van der Waals surface area contributed by atoms with Crippen LogP contribution in [0.5, 0.6) is 0 Å². The summed E-state index contributed by atoms with van der Waals surface area (Å²) in [5.41, 5.74) is 0. The van der Waals surface area contributed by atoms with E-state index >= 15 is 0 Å². The molecule has 0 fully saturated rings. The van der Waals surface area contributed by atoms with Gasteiger partial charge in [0, 0.05) is 6.42 Å². The van der Waals surface area contributed by atoms with Gasteiger partial charge in [0.05, 0.1) is 0 Å². The van der Waals surface area contributed by atoms with Crippen LogP contribution in [0.15, 0.2) is 0 Å². The number of carbonyl (C=O) groups is 1. The number of nitrogens with two attached hydrogens (primary N) is 1. The molecule has 0 bridgehead atoms. The molecule has 72 valence electrons. The van der Waals surface area contributed by atoms with E-state index < -0.39 is 16.1 Å². The van der Waals surface area contributed by atoms with Gasteiger partial charge in [-0.15, -0.1) is 0 Å². The molecule has 0 saturated carbocycles. The topological polar surface area (TPSA) is 89.3 Å². The van der Waals surface area contributed by atoms with Gasteiger partial charge in [0.2, 0.25) is 5.91 Å². The van der Waals surface area contributed by atoms with Gasteiger partial charge < -0.3 is 0 Å². The molecule has 0 aromatic rings. The molecule has 0 heterocycles. The van der Waals surface area contributed by atoms with Crippen molar-refractivity contribution in [1.82, 2.24) is 4.72 Å². The molecular weight excluding hydrogens is 180 g/mol. The second-order valence-corrected chi connectivity index (χ2v) is 3.82. The monoisotopic (exact) mass is 194 g/mol. The molecule has 0 rings (SSSR count). The van der Waals surface area contributed by atoms with Crippen molar-refractivity contribution in [1.29, 1.82) is 0 Å². The predicted octanol–water partition coefficient (Wildman–Crippen LogP) is -0.114. The molecule has 0 spiro atoms. The van der Waals surface area contributed by atoms with Gasteiger partial charge in [0.25, 0.3) is 10.2 Å². The van der Waals surface area contributed by atoms with Gasteiger partial charge in [0.1, 0.15) is 0 Å². The highest BCUT2D eigenvalue weighted by Crippen LogP contribution is 1.98. The van der Waals surface area contributed by atoms with E-state index in [0.29, 0.717) is 6.42 Å². The van der Waals surface area contributed by atoms with Gasteiger partial charge in [-0.25, -0.2) is 9.86 Å². The van der Waals surface area contributed by atoms with Crippen molar-refractivity contribution in [3.8, 4) is 0 Å². The van der Waals surface area contributed by atoms with Crippen LogP contribution in [0.25, 0.3) is 0 Å². The number of rotatable bonds is 5. The molecule has 0 radical (unpaired) electrons. The molecular formula is C6H14N2O3S. The number of hydrogen-bond donors (Lipinski definition) is 2. The van der Waals surface area contributed by atoms with Crippen LogP contribution >= 0.6 is 0 Å². The van der Waals surface area contributed by atoms with E-state index in [9.17, 15) is 13.2 Å². The van der Waals surface area contributed by atoms with Gasteiger partial charge in [0.15, 0.2) is 0 Å². The van der Waals surface area contributed by atoms with Gasteiger partial charge >= 0.3 is 0 Å². The number of carbonyl (C=O) groups excluding carboxylic acids is 1. The van der Waals surface area contributed by atoms with Crippen molar-refractivity contribution in [3.63, 3.8) is 0 Å². The first-order chi connectivity index (χ1) is 5.45. The fourth-order valence-electron chi connectivity index (χ4n) is 0.745. The van der Waals surface area contributed by atoms with E-state index in [1.165, 1.54) is 0 Å². The van der Waals surface area contributed by atoms with E-state index in [2.05, 4.69) is 5.14 Å². The van der Waals surface area contributed by atoms with Gasteiger partial charge in [-0.1, -0.05) is 19.8 Å². The van der Waals surface area contributed by atoms with Crippen LogP contribution in [0.1, 0.15) is 32.6 Å². The van der Waals surface area contributed by atoms with Crippen LogP contribution < -0.4 is 9.86 Å². The Kier molecular flexibility index (Phi) is 4.84. The van der Waals surface area contributed by atoms with Crippen molar-refractivity contribution in [2.45, 2.75) is 32.6 Å². The highest BCUT2D eigenvalue weighted by molar-refractivity contribution is 7.87. The lowest BCUT2D eigenvalue weighted by atomic mass is 10.2. The summed E-state index contributed by atoms with van der Waals surface area (Å²) >= 11 is 0. The van der Waals surface area contributed by atoms with Crippen molar-refractivity contribution in [2.24, 2.45) is 5.14 Å². The van der Waals surface area contributed by atoms with E-state index in [0.717, 1.165) is 12.8 Å². The SMILES string of the molecule is CCCCCC(=O)NS(N)(=O)=O. The van der Waals surface area contributed by atoms with Crippen LogP contribution in [0.4, 0.5) is 0 Å². The maximum atomic E-state index is 10.8. The molecule has 0 aliphatic carbocycles. The summed E-state index contributed by atoms with van der Waals surface area (Å²) in [6.45, 7) is 2.00. The summed E-state index contributed by atoms with van der Waals surface area (Å²) in [7, 11) is -3.86. The van der Waals surface area contributed by atoms with Gasteiger partial charge in [-0.2, -0.15) is 8.42 Å². The normalized spacial score (nSPS) is 11.2. The maximum Gasteiger partial charge on any atom is 0.298 e. The van der Waals surface area contributed by atoms with Gasteiger partial charge in [-0.05, 0) is 6.42 Å². The first-order valence-corrected chi connectivity index (χ1v) is 5.33. The number of unbranched alkanes of at least 4 members (excludes halogenated alkanes) is 2. The molecule has 3 N–H and O–H groups in total. The van der Waals surface area contributed by atoms with E-state index in [1.54, 1.807) is 4.72 Å². The first-order valence-electron chi connectivity index (χ1n) is 3.79. The summed E-state index contributed by atoms with van der Waals surface area (Å²) < 4.78 is 22.3. The minimum Gasteiger partial charge on any atom is -0.274 e. The molecule has 0 saturated heterocycles. The quantitative estimate of drug-likeness (QED) is 0.598. The first kappa shape index (κ1) is 11.4. The zero-order valence-corrected chi connectivity index (χ0v) is 7.86. The van der Waals surface area contributed by atoms with Crippen LogP contribution in [0, 0.1) is 0 Å². The molecule has 1 amide bonds. The Morgan fingerprint density at radius 2 is 2.00 bits per heavy atom. The van der Waals surface area contributed by atoms with Crippen molar-refractivity contribution in [2.75, 3.05) is 0 Å². The lowest BCUT2D eigenvalue weighted by Gasteiger charge is -2.00. The number of amides is 1. The molecule has 0 unspecified atom stereocenters. The largest absolute Gasteiger partial charge is 0.298 e. The zero-order valence-electron chi connectivity index (χ0n) is 7.04. The number of hydrogen-bond acceptors (Lipinski definition) is 3. The third-order valence-electron chi connectivity index (χ3n) is 1.26. The molecule has 0 aliphatic rings. The second kappa shape index (κ2) is 5.10. The number of nitrogens with one attached hydrogen (secondary N) is 1. The minimum absolute atomic E-state index is 0.213. The van der Waals surface area contributed by atoms with Crippen LogP contribution in [-0.2, 0) is 15.0 Å². The molecule has 0 aromatic carbocycles. The van der Waals surface area contributed by atoms with Crippen molar-refractivity contribution < 1.29 is 13.2 Å². The second-order valence-electron chi connectivity index (χ2n) is 2.53. The lowest BCUT2D eigenvalue weighted by Crippen LogP contribution is -2.35. The summed E-state index contributed by atoms with van der Waals surface area (Å²) in [5, 5.41) is 4.58. The molecule has 6 heteroatoms. The van der Waals surface area contributed by atoms with Crippen molar-refractivity contribution >= 4 is 16.1 Å². The molecule has 5 nitrogen and oxygen atoms in total. The smallest absolute Gasteiger partial charge is 0.274 e. The fraction of sp³-hybridized carbons (Fsp3) is 0.833. The Balaban J connectivity index is 3.62. The highest BCUT2D eigenvalue weighted by Gasteiger charge is 2.07. The van der Waals surface area contributed by atoms with Crippen LogP contribution in [0.2, 0.25) is 0 Å². The average Bonchev–Trinajstić information content (AvgIpc) is 1.84. The standard InChI is InChI=1S/C6H14N2O3S/c1-2-3-4-5-6(9)8-12(7,10)11/h2-5H2,1H3,(H,8,9)(H2,7,10,11). The Hall–Kier alpha value is -0.620. The minimum atomic E-state index is -3.86. The average molecular weight is 194 g/mol. The van der Waals surface area contributed by atoms with Crippen LogP contribution in [0.3, 0.4) is 0 Å². The molecule has 0 atom stereocenters. The summed E-state index contributed by atoms with van der Waals surface area (Å²) in [4.78, 5) is 10.8. The van der Waals surface area contributed by atoms with E-state index in [4.69, 9.17) is 0 Å². The summed E-state index contributed by atoms with van der Waals surface area (Å²) in [6.07, 6.45) is 2.81. The predicted molar refractivity (Wildman–Crippen MR) is 45.4 cm³/mol. The lowest BCUT2D eigenvalue weighted by molar-refractivity contribution is -0.119. The zero-order chi connectivity index (χ0) is 9.61. The Morgan fingerprint density at radius 1 is 1.42 bits per heavy atom. The van der Waals surface area contributed by atoms with Crippen molar-refractivity contribution in [3.05, 3.63) is 0 Å². The highest BCUT2D eigenvalue weighted by atomic mass is 32.2. The molecule has 0 aliphatic heterocycles. The van der Waals surface area contributed by atoms with Crippen LogP contribution in [-0.4, -0.2) is 14.3 Å². The Bertz CT molecular complexity index is 235. The summed E-state index contributed by atoms with van der Waals surface area (Å²) in [6, 6.07) is 0. The third kappa shape index (κ3) is 7.49. The fourth-order valence-corrected chi connectivity index (χ4v) is 1.16. The molecule has 12 heavy (non-hydrogen) atoms. The van der Waals surface area contributed by atoms with E-state index in [-0.39, 0.29) is 6.42 Å².